The Morgan fingerprint density at radius 1 is 1.12 bits per heavy atom. The molecule has 1 heterocycles. The van der Waals surface area contributed by atoms with Gasteiger partial charge in [-0.2, -0.15) is 0 Å². The highest BCUT2D eigenvalue weighted by molar-refractivity contribution is 6.35. The fraction of sp³-hybridized carbons (Fsp3) is 0.235. The number of aryl methyl sites for hydroxylation is 1. The molecule has 1 aromatic heterocycles. The van der Waals surface area contributed by atoms with Crippen molar-refractivity contribution in [2.75, 3.05) is 11.9 Å². The Morgan fingerprint density at radius 2 is 1.72 bits per heavy atom. The SMILES string of the molecule is CC(=O)c1c(C)[nH]c(C(=O)OCC(=O)Nc2cc(Cl)cc(Cl)c2)c1C. The van der Waals surface area contributed by atoms with Crippen LogP contribution in [-0.2, 0) is 9.53 Å². The van der Waals surface area contributed by atoms with E-state index in [0.717, 1.165) is 0 Å². The standard InChI is InChI=1S/C17H16Cl2N2O4/c1-8-15(10(3)22)9(2)20-16(8)17(24)25-7-14(23)21-13-5-11(18)4-12(19)6-13/h4-6,20H,7H2,1-3H3,(H,21,23). The second-order valence-corrected chi connectivity index (χ2v) is 6.34. The van der Waals surface area contributed by atoms with Crippen molar-refractivity contribution < 1.29 is 19.1 Å². The van der Waals surface area contributed by atoms with Gasteiger partial charge in [-0.15, -0.1) is 0 Å². The highest BCUT2D eigenvalue weighted by atomic mass is 35.5. The molecule has 132 valence electrons. The van der Waals surface area contributed by atoms with E-state index in [9.17, 15) is 14.4 Å². The summed E-state index contributed by atoms with van der Waals surface area (Å²) in [6.45, 7) is 4.26. The quantitative estimate of drug-likeness (QED) is 0.605. The van der Waals surface area contributed by atoms with Crippen LogP contribution in [0.15, 0.2) is 18.2 Å². The summed E-state index contributed by atoms with van der Waals surface area (Å²) < 4.78 is 4.99. The first-order valence-corrected chi connectivity index (χ1v) is 8.07. The molecule has 0 spiro atoms. The molecule has 0 saturated heterocycles. The lowest BCUT2D eigenvalue weighted by molar-refractivity contribution is -0.119. The Kier molecular flexibility index (Phi) is 5.87. The van der Waals surface area contributed by atoms with Crippen LogP contribution < -0.4 is 5.32 Å². The first kappa shape index (κ1) is 19.0. The number of halogens is 2. The van der Waals surface area contributed by atoms with E-state index in [4.69, 9.17) is 27.9 Å². The molecule has 2 aromatic rings. The molecule has 0 atom stereocenters. The molecule has 6 nitrogen and oxygen atoms in total. The van der Waals surface area contributed by atoms with Gasteiger partial charge >= 0.3 is 5.97 Å². The average molecular weight is 383 g/mol. The average Bonchev–Trinajstić information content (AvgIpc) is 2.78. The van der Waals surface area contributed by atoms with Crippen LogP contribution in [0.4, 0.5) is 5.69 Å². The van der Waals surface area contributed by atoms with Crippen LogP contribution in [0.2, 0.25) is 10.0 Å². The maximum atomic E-state index is 12.1. The highest BCUT2D eigenvalue weighted by Crippen LogP contribution is 2.22. The Morgan fingerprint density at radius 3 is 2.24 bits per heavy atom. The van der Waals surface area contributed by atoms with Crippen LogP contribution >= 0.6 is 23.2 Å². The monoisotopic (exact) mass is 382 g/mol. The summed E-state index contributed by atoms with van der Waals surface area (Å²) in [4.78, 5) is 38.4. The predicted octanol–water partition coefficient (Wildman–Crippen LogP) is 3.94. The number of carbonyl (C=O) groups excluding carboxylic acids is 3. The lowest BCUT2D eigenvalue weighted by Crippen LogP contribution is -2.21. The van der Waals surface area contributed by atoms with Crippen LogP contribution in [0.3, 0.4) is 0 Å². The molecule has 1 amide bonds. The largest absolute Gasteiger partial charge is 0.451 e. The Labute approximate surface area is 154 Å². The minimum atomic E-state index is -0.715. The third kappa shape index (κ3) is 4.61. The van der Waals surface area contributed by atoms with Crippen molar-refractivity contribution in [1.82, 2.24) is 4.98 Å². The number of rotatable bonds is 5. The lowest BCUT2D eigenvalue weighted by atomic mass is 10.1. The molecule has 0 unspecified atom stereocenters. The normalized spacial score (nSPS) is 10.4. The van der Waals surface area contributed by atoms with Gasteiger partial charge in [0.25, 0.3) is 5.91 Å². The summed E-state index contributed by atoms with van der Waals surface area (Å²) in [5.41, 5.74) is 2.07. The molecule has 2 rings (SSSR count). The predicted molar refractivity (Wildman–Crippen MR) is 95.6 cm³/mol. The van der Waals surface area contributed by atoms with Gasteiger partial charge in [-0.05, 0) is 44.5 Å². The van der Waals surface area contributed by atoms with Gasteiger partial charge in [0.2, 0.25) is 0 Å². The number of nitrogens with one attached hydrogen (secondary N) is 2. The van der Waals surface area contributed by atoms with Gasteiger partial charge in [-0.1, -0.05) is 23.2 Å². The molecular weight excluding hydrogens is 367 g/mol. The molecule has 0 saturated carbocycles. The molecule has 0 radical (unpaired) electrons. The molecule has 0 aliphatic rings. The van der Waals surface area contributed by atoms with Crippen LogP contribution in [0, 0.1) is 13.8 Å². The molecule has 0 aliphatic heterocycles. The highest BCUT2D eigenvalue weighted by Gasteiger charge is 2.21. The first-order valence-electron chi connectivity index (χ1n) is 7.32. The number of H-pyrrole nitrogens is 1. The number of anilines is 1. The van der Waals surface area contributed by atoms with Gasteiger partial charge in [0.05, 0.1) is 0 Å². The molecule has 0 aliphatic carbocycles. The fourth-order valence-electron chi connectivity index (χ4n) is 2.51. The van der Waals surface area contributed by atoms with Crippen LogP contribution in [0.25, 0.3) is 0 Å². The molecule has 0 fully saturated rings. The Bertz CT molecular complexity index is 838. The van der Waals surface area contributed by atoms with Crippen LogP contribution in [-0.4, -0.2) is 29.3 Å². The Balaban J connectivity index is 2.01. The zero-order valence-corrected chi connectivity index (χ0v) is 15.3. The van der Waals surface area contributed by atoms with Gasteiger partial charge in [0.15, 0.2) is 12.4 Å². The number of amides is 1. The zero-order valence-electron chi connectivity index (χ0n) is 13.8. The number of benzene rings is 1. The summed E-state index contributed by atoms with van der Waals surface area (Å²) in [6.07, 6.45) is 0. The van der Waals surface area contributed by atoms with Crippen LogP contribution in [0.1, 0.15) is 39.0 Å². The summed E-state index contributed by atoms with van der Waals surface area (Å²) in [5, 5.41) is 3.27. The number of hydrogen-bond donors (Lipinski definition) is 2. The molecule has 25 heavy (non-hydrogen) atoms. The van der Waals surface area contributed by atoms with E-state index in [2.05, 4.69) is 10.3 Å². The summed E-state index contributed by atoms with van der Waals surface area (Å²) in [5.74, 6) is -1.41. The topological polar surface area (TPSA) is 88.3 Å². The third-order valence-corrected chi connectivity index (χ3v) is 3.91. The van der Waals surface area contributed by atoms with Gasteiger partial charge in [-0.25, -0.2) is 4.79 Å². The maximum absolute atomic E-state index is 12.1. The number of aromatic amines is 1. The van der Waals surface area contributed by atoms with E-state index in [1.165, 1.54) is 25.1 Å². The van der Waals surface area contributed by atoms with Gasteiger partial charge in [0.1, 0.15) is 5.69 Å². The smallest absolute Gasteiger partial charge is 0.355 e. The van der Waals surface area contributed by atoms with Crippen molar-refractivity contribution >= 4 is 46.5 Å². The number of Topliss-reactive ketones (excluding diaryl/α,β-unsaturated/α-hetero) is 1. The van der Waals surface area contributed by atoms with Crippen molar-refractivity contribution in [2.45, 2.75) is 20.8 Å². The van der Waals surface area contributed by atoms with E-state index in [1.54, 1.807) is 13.8 Å². The molecular formula is C17H16Cl2N2O4. The molecule has 0 bridgehead atoms. The third-order valence-electron chi connectivity index (χ3n) is 3.47. The van der Waals surface area contributed by atoms with E-state index in [1.807, 2.05) is 0 Å². The zero-order chi connectivity index (χ0) is 18.7. The van der Waals surface area contributed by atoms with Crippen molar-refractivity contribution in [1.29, 1.82) is 0 Å². The Hall–Kier alpha value is -2.31. The second kappa shape index (κ2) is 7.72. The number of hydrogen-bond acceptors (Lipinski definition) is 4. The van der Waals surface area contributed by atoms with Crippen molar-refractivity contribution in [3.63, 3.8) is 0 Å². The second-order valence-electron chi connectivity index (χ2n) is 5.46. The van der Waals surface area contributed by atoms with Crippen molar-refractivity contribution in [3.8, 4) is 0 Å². The fourth-order valence-corrected chi connectivity index (χ4v) is 3.03. The summed E-state index contributed by atoms with van der Waals surface area (Å²) in [7, 11) is 0. The van der Waals surface area contributed by atoms with E-state index < -0.39 is 18.5 Å². The van der Waals surface area contributed by atoms with Crippen molar-refractivity contribution in [2.24, 2.45) is 0 Å². The summed E-state index contributed by atoms with van der Waals surface area (Å²) in [6, 6.07) is 4.57. The van der Waals surface area contributed by atoms with Gasteiger partial charge < -0.3 is 15.0 Å². The number of carbonyl (C=O) groups is 3. The van der Waals surface area contributed by atoms with Crippen molar-refractivity contribution in [3.05, 3.63) is 50.8 Å². The number of ether oxygens (including phenoxy) is 1. The number of aromatic nitrogens is 1. The maximum Gasteiger partial charge on any atom is 0.355 e. The molecule has 8 heteroatoms. The molecule has 1 aromatic carbocycles. The van der Waals surface area contributed by atoms with E-state index >= 15 is 0 Å². The number of ketones is 1. The van der Waals surface area contributed by atoms with Gasteiger partial charge in [-0.3, -0.25) is 9.59 Å². The van der Waals surface area contributed by atoms with E-state index in [-0.39, 0.29) is 11.5 Å². The minimum Gasteiger partial charge on any atom is -0.451 e. The van der Waals surface area contributed by atoms with Gasteiger partial charge in [0, 0.05) is 27.0 Å². The minimum absolute atomic E-state index is 0.152. The number of esters is 1. The van der Waals surface area contributed by atoms with E-state index in [0.29, 0.717) is 32.6 Å². The first-order chi connectivity index (χ1) is 11.7. The molecule has 2 N–H and O–H groups in total. The summed E-state index contributed by atoms with van der Waals surface area (Å²) >= 11 is 11.7. The van der Waals surface area contributed by atoms with Crippen LogP contribution in [0.5, 0.6) is 0 Å². The lowest BCUT2D eigenvalue weighted by Gasteiger charge is -2.07.